The largest absolute Gasteiger partial charge is 0.383 e. The Morgan fingerprint density at radius 2 is 1.79 bits per heavy atom. The molecule has 7 nitrogen and oxygen atoms in total. The first-order valence-corrected chi connectivity index (χ1v) is 10.9. The molecule has 0 spiro atoms. The first-order chi connectivity index (χ1) is 16.1. The topological polar surface area (TPSA) is 93.4 Å². The third kappa shape index (κ3) is 4.36. The smallest absolute Gasteiger partial charge is 0.255 e. The summed E-state index contributed by atoms with van der Waals surface area (Å²) in [5.41, 5.74) is 12.3. The third-order valence-corrected chi connectivity index (χ3v) is 5.98. The van der Waals surface area contributed by atoms with E-state index in [1.165, 1.54) is 6.33 Å². The van der Waals surface area contributed by atoms with Crippen LogP contribution in [0, 0.1) is 6.92 Å². The number of carbonyl (C=O) groups is 1. The first kappa shape index (κ1) is 20.9. The maximum atomic E-state index is 13.0. The van der Waals surface area contributed by atoms with Crippen molar-refractivity contribution >= 4 is 34.0 Å². The second kappa shape index (κ2) is 8.88. The summed E-state index contributed by atoms with van der Waals surface area (Å²) in [6.07, 6.45) is 1.46. The summed E-state index contributed by atoms with van der Waals surface area (Å²) < 4.78 is 5.41. The minimum Gasteiger partial charge on any atom is -0.383 e. The fourth-order valence-corrected chi connectivity index (χ4v) is 4.10. The number of anilines is 3. The number of benzene rings is 3. The predicted molar refractivity (Wildman–Crippen MR) is 132 cm³/mol. The van der Waals surface area contributed by atoms with Crippen LogP contribution in [0.1, 0.15) is 15.9 Å². The van der Waals surface area contributed by atoms with Gasteiger partial charge in [0.15, 0.2) is 0 Å². The maximum absolute atomic E-state index is 13.0. The summed E-state index contributed by atoms with van der Waals surface area (Å²) in [6.45, 7) is 5.27. The molecule has 7 heteroatoms. The van der Waals surface area contributed by atoms with Crippen LogP contribution in [0.25, 0.3) is 22.0 Å². The Morgan fingerprint density at radius 3 is 2.58 bits per heavy atom. The monoisotopic (exact) mass is 439 g/mol. The van der Waals surface area contributed by atoms with E-state index in [-0.39, 0.29) is 5.91 Å². The highest BCUT2D eigenvalue weighted by Crippen LogP contribution is 2.29. The summed E-state index contributed by atoms with van der Waals surface area (Å²) >= 11 is 0. The van der Waals surface area contributed by atoms with Crippen LogP contribution in [0.2, 0.25) is 0 Å². The average Bonchev–Trinajstić information content (AvgIpc) is 2.85. The van der Waals surface area contributed by atoms with Gasteiger partial charge in [-0.1, -0.05) is 12.1 Å². The number of aryl methyl sites for hydroxylation is 1. The summed E-state index contributed by atoms with van der Waals surface area (Å²) in [7, 11) is 0. The predicted octanol–water partition coefficient (Wildman–Crippen LogP) is 4.28. The number of carbonyl (C=O) groups excluding carboxylic acids is 1. The third-order valence-electron chi connectivity index (χ3n) is 5.98. The Bertz CT molecular complexity index is 1310. The molecular weight excluding hydrogens is 414 g/mol. The van der Waals surface area contributed by atoms with Crippen molar-refractivity contribution in [2.45, 2.75) is 6.92 Å². The molecule has 33 heavy (non-hydrogen) atoms. The molecule has 0 aliphatic carbocycles. The molecular formula is C26H25N5O2. The number of rotatable bonds is 4. The molecule has 3 aromatic carbocycles. The van der Waals surface area contributed by atoms with Gasteiger partial charge in [0, 0.05) is 35.4 Å². The van der Waals surface area contributed by atoms with Crippen LogP contribution in [0.4, 0.5) is 17.2 Å². The zero-order valence-corrected chi connectivity index (χ0v) is 18.4. The van der Waals surface area contributed by atoms with Crippen molar-refractivity contribution in [3.05, 3.63) is 78.1 Å². The molecule has 166 valence electrons. The fraction of sp³-hybridized carbons (Fsp3) is 0.192. The lowest BCUT2D eigenvalue weighted by Gasteiger charge is -2.28. The van der Waals surface area contributed by atoms with Gasteiger partial charge in [-0.3, -0.25) is 4.79 Å². The number of aromatic nitrogens is 2. The van der Waals surface area contributed by atoms with Gasteiger partial charge in [-0.15, -0.1) is 0 Å². The number of ether oxygens (including phenoxy) is 1. The van der Waals surface area contributed by atoms with Crippen molar-refractivity contribution in [3.8, 4) is 11.1 Å². The van der Waals surface area contributed by atoms with Crippen molar-refractivity contribution < 1.29 is 9.53 Å². The lowest BCUT2D eigenvalue weighted by Crippen LogP contribution is -2.36. The van der Waals surface area contributed by atoms with Crippen molar-refractivity contribution in [1.82, 2.24) is 9.97 Å². The lowest BCUT2D eigenvalue weighted by molar-refractivity contribution is 0.102. The van der Waals surface area contributed by atoms with Crippen LogP contribution in [-0.2, 0) is 4.74 Å². The number of morpholine rings is 1. The Kier molecular flexibility index (Phi) is 5.62. The highest BCUT2D eigenvalue weighted by atomic mass is 16.5. The van der Waals surface area contributed by atoms with Crippen LogP contribution in [-0.4, -0.2) is 42.2 Å². The van der Waals surface area contributed by atoms with E-state index in [0.717, 1.165) is 65.3 Å². The minimum atomic E-state index is -0.154. The van der Waals surface area contributed by atoms with Crippen molar-refractivity contribution in [3.63, 3.8) is 0 Å². The number of hydrogen-bond acceptors (Lipinski definition) is 6. The maximum Gasteiger partial charge on any atom is 0.255 e. The van der Waals surface area contributed by atoms with E-state index in [4.69, 9.17) is 10.5 Å². The van der Waals surface area contributed by atoms with Crippen LogP contribution in [0.3, 0.4) is 0 Å². The van der Waals surface area contributed by atoms with E-state index >= 15 is 0 Å². The minimum absolute atomic E-state index is 0.154. The molecule has 0 atom stereocenters. The highest BCUT2D eigenvalue weighted by molar-refractivity contribution is 6.05. The normalized spacial score (nSPS) is 13.8. The van der Waals surface area contributed by atoms with E-state index in [1.807, 2.05) is 67.6 Å². The van der Waals surface area contributed by atoms with Gasteiger partial charge in [-0.2, -0.15) is 0 Å². The molecule has 1 fully saturated rings. The van der Waals surface area contributed by atoms with E-state index in [1.54, 1.807) is 0 Å². The van der Waals surface area contributed by atoms with Crippen LogP contribution in [0.15, 0.2) is 67.0 Å². The Balaban J connectivity index is 1.37. The SMILES string of the molecule is Cc1ccc(C(=O)Nc2ccc(N3CCOCC3)cc2)cc1-c1ccc2ncnc(N)c2c1. The number of fused-ring (bicyclic) bond motifs is 1. The summed E-state index contributed by atoms with van der Waals surface area (Å²) in [5.74, 6) is 0.285. The van der Waals surface area contributed by atoms with Crippen LogP contribution in [0.5, 0.6) is 0 Å². The average molecular weight is 440 g/mol. The second-order valence-electron chi connectivity index (χ2n) is 8.12. The molecule has 5 rings (SSSR count). The molecule has 1 amide bonds. The molecule has 3 N–H and O–H groups in total. The molecule has 1 aliphatic rings. The lowest BCUT2D eigenvalue weighted by atomic mass is 9.96. The zero-order chi connectivity index (χ0) is 22.8. The Hall–Kier alpha value is -3.97. The van der Waals surface area contributed by atoms with Gasteiger partial charge >= 0.3 is 0 Å². The fourth-order valence-electron chi connectivity index (χ4n) is 4.10. The molecule has 1 aliphatic heterocycles. The van der Waals surface area contributed by atoms with Gasteiger partial charge in [0.25, 0.3) is 5.91 Å². The Morgan fingerprint density at radius 1 is 1.00 bits per heavy atom. The highest BCUT2D eigenvalue weighted by Gasteiger charge is 2.13. The van der Waals surface area contributed by atoms with Crippen LogP contribution < -0.4 is 16.0 Å². The van der Waals surface area contributed by atoms with Gasteiger partial charge in [0.05, 0.1) is 18.7 Å². The number of nitrogen functional groups attached to an aromatic ring is 1. The summed E-state index contributed by atoms with van der Waals surface area (Å²) in [4.78, 5) is 23.6. The molecule has 4 aromatic rings. The van der Waals surface area contributed by atoms with Gasteiger partial charge in [0.2, 0.25) is 0 Å². The van der Waals surface area contributed by atoms with Gasteiger partial charge in [-0.25, -0.2) is 9.97 Å². The number of nitrogens with two attached hydrogens (primary N) is 1. The number of nitrogens with zero attached hydrogens (tertiary/aromatic N) is 3. The van der Waals surface area contributed by atoms with Gasteiger partial charge in [0.1, 0.15) is 12.1 Å². The van der Waals surface area contributed by atoms with Crippen molar-refractivity contribution in [2.75, 3.05) is 42.3 Å². The zero-order valence-electron chi connectivity index (χ0n) is 18.4. The Labute approximate surface area is 192 Å². The molecule has 0 bridgehead atoms. The molecule has 1 saturated heterocycles. The van der Waals surface area contributed by atoms with Crippen LogP contribution >= 0.6 is 0 Å². The second-order valence-corrected chi connectivity index (χ2v) is 8.12. The van der Waals surface area contributed by atoms with E-state index < -0.39 is 0 Å². The van der Waals surface area contributed by atoms with E-state index in [0.29, 0.717) is 11.4 Å². The van der Waals surface area contributed by atoms with Gasteiger partial charge in [-0.05, 0) is 72.1 Å². The standard InChI is InChI=1S/C26H25N5O2/c1-17-2-3-19(15-22(17)18-4-9-24-23(14-18)25(27)29-16-28-24)26(32)30-20-5-7-21(8-6-20)31-10-12-33-13-11-31/h2-9,14-16H,10-13H2,1H3,(H,30,32)(H2,27,28,29). The molecule has 0 radical (unpaired) electrons. The molecule has 0 unspecified atom stereocenters. The summed E-state index contributed by atoms with van der Waals surface area (Å²) in [5, 5.41) is 3.80. The van der Waals surface area contributed by atoms with E-state index in [2.05, 4.69) is 20.2 Å². The van der Waals surface area contributed by atoms with Crippen molar-refractivity contribution in [2.24, 2.45) is 0 Å². The van der Waals surface area contributed by atoms with E-state index in [9.17, 15) is 4.79 Å². The molecule has 2 heterocycles. The first-order valence-electron chi connectivity index (χ1n) is 10.9. The quantitative estimate of drug-likeness (QED) is 0.493. The van der Waals surface area contributed by atoms with Gasteiger partial charge < -0.3 is 20.7 Å². The summed E-state index contributed by atoms with van der Waals surface area (Å²) in [6, 6.07) is 19.5. The molecule has 0 saturated carbocycles. The molecule has 1 aromatic heterocycles. The number of hydrogen-bond donors (Lipinski definition) is 2. The van der Waals surface area contributed by atoms with Crippen molar-refractivity contribution in [1.29, 1.82) is 0 Å². The number of nitrogens with one attached hydrogen (secondary N) is 1. The number of amides is 1.